The molecule has 0 saturated carbocycles. The van der Waals surface area contributed by atoms with Crippen molar-refractivity contribution in [3.05, 3.63) is 29.2 Å². The van der Waals surface area contributed by atoms with Gasteiger partial charge in [-0.1, -0.05) is 17.8 Å². The Bertz CT molecular complexity index is 705. The van der Waals surface area contributed by atoms with E-state index in [0.717, 1.165) is 22.4 Å². The first kappa shape index (κ1) is 14.2. The zero-order valence-electron chi connectivity index (χ0n) is 11.4. The van der Waals surface area contributed by atoms with Crippen LogP contribution in [-0.4, -0.2) is 25.0 Å². The number of aromatic nitrogens is 5. The predicted molar refractivity (Wildman–Crippen MR) is 80.8 cm³/mol. The molecule has 0 aliphatic rings. The molecule has 9 heteroatoms. The molecular formula is C12H14N6OS2. The minimum absolute atomic E-state index is 0.379. The molecular weight excluding hydrogens is 308 g/mol. The summed E-state index contributed by atoms with van der Waals surface area (Å²) >= 11 is 3.09. The third-order valence-electron chi connectivity index (χ3n) is 2.82. The van der Waals surface area contributed by atoms with Crippen molar-refractivity contribution in [1.82, 2.24) is 25.0 Å². The van der Waals surface area contributed by atoms with Crippen molar-refractivity contribution in [2.75, 3.05) is 0 Å². The van der Waals surface area contributed by atoms with Crippen LogP contribution in [0.25, 0.3) is 10.8 Å². The summed E-state index contributed by atoms with van der Waals surface area (Å²) in [7, 11) is 0. The van der Waals surface area contributed by atoms with Gasteiger partial charge >= 0.3 is 0 Å². The van der Waals surface area contributed by atoms with Crippen LogP contribution in [0.1, 0.15) is 18.6 Å². The first-order valence-electron chi connectivity index (χ1n) is 6.43. The number of thiophene rings is 1. The van der Waals surface area contributed by atoms with E-state index in [1.165, 1.54) is 11.8 Å². The Hall–Kier alpha value is -1.71. The topological polar surface area (TPSA) is 95.7 Å². The maximum Gasteiger partial charge on any atom is 0.257 e. The van der Waals surface area contributed by atoms with E-state index in [2.05, 4.69) is 20.4 Å². The molecule has 0 saturated heterocycles. The van der Waals surface area contributed by atoms with Gasteiger partial charge in [-0.2, -0.15) is 0 Å². The monoisotopic (exact) mass is 322 g/mol. The van der Waals surface area contributed by atoms with Gasteiger partial charge in [0.15, 0.2) is 5.16 Å². The smallest absolute Gasteiger partial charge is 0.257 e. The second-order valence-electron chi connectivity index (χ2n) is 4.11. The van der Waals surface area contributed by atoms with Crippen LogP contribution in [0.5, 0.6) is 0 Å². The van der Waals surface area contributed by atoms with Gasteiger partial charge in [0.05, 0.1) is 17.2 Å². The van der Waals surface area contributed by atoms with Crippen molar-refractivity contribution in [3.8, 4) is 10.8 Å². The summed E-state index contributed by atoms with van der Waals surface area (Å²) < 4.78 is 7.63. The summed E-state index contributed by atoms with van der Waals surface area (Å²) in [6, 6.07) is 3.91. The Kier molecular flexibility index (Phi) is 4.32. The van der Waals surface area contributed by atoms with Crippen LogP contribution in [-0.2, 0) is 18.8 Å². The van der Waals surface area contributed by atoms with Gasteiger partial charge in [0.25, 0.3) is 5.89 Å². The highest BCUT2D eigenvalue weighted by Gasteiger charge is 2.13. The lowest BCUT2D eigenvalue weighted by atomic mass is 10.5. The van der Waals surface area contributed by atoms with Gasteiger partial charge in [-0.15, -0.1) is 31.7 Å². The zero-order valence-corrected chi connectivity index (χ0v) is 13.0. The number of thioether (sulfide) groups is 1. The van der Waals surface area contributed by atoms with Gasteiger partial charge in [-0.25, -0.2) is 0 Å². The van der Waals surface area contributed by atoms with Crippen molar-refractivity contribution >= 4 is 23.1 Å². The minimum atomic E-state index is 0.379. The molecule has 0 unspecified atom stereocenters. The lowest BCUT2D eigenvalue weighted by Gasteiger charge is -2.04. The Morgan fingerprint density at radius 3 is 2.95 bits per heavy atom. The number of rotatable bonds is 6. The molecule has 0 aliphatic carbocycles. The van der Waals surface area contributed by atoms with Crippen LogP contribution >= 0.6 is 23.1 Å². The Morgan fingerprint density at radius 2 is 2.24 bits per heavy atom. The average Bonchev–Trinajstić information content (AvgIpc) is 3.23. The lowest BCUT2D eigenvalue weighted by Crippen LogP contribution is -2.08. The van der Waals surface area contributed by atoms with Crippen LogP contribution in [0.3, 0.4) is 0 Å². The fourth-order valence-electron chi connectivity index (χ4n) is 1.83. The van der Waals surface area contributed by atoms with E-state index in [0.29, 0.717) is 24.1 Å². The van der Waals surface area contributed by atoms with E-state index in [4.69, 9.17) is 10.2 Å². The van der Waals surface area contributed by atoms with Crippen molar-refractivity contribution in [3.63, 3.8) is 0 Å². The minimum Gasteiger partial charge on any atom is -0.419 e. The standard InChI is InChI=1S/C12H14N6OS2/c1-2-18-9(6-13)14-17-12(18)21-7-10-15-16-11(19-10)8-4-3-5-20-8/h3-5H,2,6-7,13H2,1H3. The lowest BCUT2D eigenvalue weighted by molar-refractivity contribution is 0.529. The maximum absolute atomic E-state index is 5.64. The van der Waals surface area contributed by atoms with Crippen molar-refractivity contribution in [1.29, 1.82) is 0 Å². The Balaban J connectivity index is 1.69. The van der Waals surface area contributed by atoms with Gasteiger partial charge < -0.3 is 14.7 Å². The molecule has 3 rings (SSSR count). The molecule has 110 valence electrons. The molecule has 3 aromatic heterocycles. The first-order valence-corrected chi connectivity index (χ1v) is 8.29. The van der Waals surface area contributed by atoms with Crippen molar-refractivity contribution < 1.29 is 4.42 Å². The van der Waals surface area contributed by atoms with Crippen LogP contribution in [0, 0.1) is 0 Å². The molecule has 0 atom stereocenters. The molecule has 0 radical (unpaired) electrons. The second kappa shape index (κ2) is 6.37. The van der Waals surface area contributed by atoms with Gasteiger partial charge in [0.1, 0.15) is 5.82 Å². The molecule has 2 N–H and O–H groups in total. The first-order chi connectivity index (χ1) is 10.3. The highest BCUT2D eigenvalue weighted by molar-refractivity contribution is 7.98. The quantitative estimate of drug-likeness (QED) is 0.695. The van der Waals surface area contributed by atoms with E-state index >= 15 is 0 Å². The molecule has 0 aromatic carbocycles. The molecule has 0 spiro atoms. The molecule has 0 amide bonds. The second-order valence-corrected chi connectivity index (χ2v) is 6.00. The largest absolute Gasteiger partial charge is 0.419 e. The van der Waals surface area contributed by atoms with E-state index in [1.54, 1.807) is 11.3 Å². The number of hydrogen-bond donors (Lipinski definition) is 1. The van der Waals surface area contributed by atoms with E-state index < -0.39 is 0 Å². The normalized spacial score (nSPS) is 11.1. The number of nitrogens with zero attached hydrogens (tertiary/aromatic N) is 5. The van der Waals surface area contributed by atoms with Crippen LogP contribution in [0.15, 0.2) is 27.1 Å². The van der Waals surface area contributed by atoms with Crippen molar-refractivity contribution in [2.24, 2.45) is 5.73 Å². The highest BCUT2D eigenvalue weighted by atomic mass is 32.2. The van der Waals surface area contributed by atoms with Crippen molar-refractivity contribution in [2.45, 2.75) is 30.9 Å². The fraction of sp³-hybridized carbons (Fsp3) is 0.333. The summed E-state index contributed by atoms with van der Waals surface area (Å²) in [4.78, 5) is 0.973. The summed E-state index contributed by atoms with van der Waals surface area (Å²) in [6.45, 7) is 3.20. The fourth-order valence-corrected chi connectivity index (χ4v) is 3.33. The Morgan fingerprint density at radius 1 is 1.33 bits per heavy atom. The van der Waals surface area contributed by atoms with Gasteiger partial charge in [0, 0.05) is 6.54 Å². The van der Waals surface area contributed by atoms with E-state index in [-0.39, 0.29) is 0 Å². The van der Waals surface area contributed by atoms with Crippen LogP contribution in [0.4, 0.5) is 0 Å². The number of hydrogen-bond acceptors (Lipinski definition) is 8. The summed E-state index contributed by atoms with van der Waals surface area (Å²) in [5.74, 6) is 2.47. The zero-order chi connectivity index (χ0) is 14.7. The Labute approximate surface area is 129 Å². The van der Waals surface area contributed by atoms with Gasteiger partial charge in [-0.3, -0.25) is 0 Å². The third kappa shape index (κ3) is 2.99. The number of nitrogens with two attached hydrogens (primary N) is 1. The predicted octanol–water partition coefficient (Wildman–Crippen LogP) is 2.16. The van der Waals surface area contributed by atoms with Crippen LogP contribution in [0.2, 0.25) is 0 Å². The molecule has 3 aromatic rings. The van der Waals surface area contributed by atoms with E-state index in [9.17, 15) is 0 Å². The molecule has 0 aliphatic heterocycles. The third-order valence-corrected chi connectivity index (χ3v) is 4.63. The van der Waals surface area contributed by atoms with E-state index in [1.807, 2.05) is 29.0 Å². The summed E-state index contributed by atoms with van der Waals surface area (Å²) in [6.07, 6.45) is 0. The average molecular weight is 322 g/mol. The highest BCUT2D eigenvalue weighted by Crippen LogP contribution is 2.26. The van der Waals surface area contributed by atoms with Gasteiger partial charge in [0.2, 0.25) is 5.89 Å². The molecule has 7 nitrogen and oxygen atoms in total. The molecule has 0 fully saturated rings. The molecule has 21 heavy (non-hydrogen) atoms. The van der Waals surface area contributed by atoms with Gasteiger partial charge in [-0.05, 0) is 18.4 Å². The summed E-state index contributed by atoms with van der Waals surface area (Å²) in [5.41, 5.74) is 5.63. The summed E-state index contributed by atoms with van der Waals surface area (Å²) in [5, 5.41) is 19.1. The SMILES string of the molecule is CCn1c(CN)nnc1SCc1nnc(-c2cccs2)o1. The molecule has 3 heterocycles. The maximum atomic E-state index is 5.64. The van der Waals surface area contributed by atoms with Crippen LogP contribution < -0.4 is 5.73 Å². The molecule has 0 bridgehead atoms.